The van der Waals surface area contributed by atoms with Crippen LogP contribution in [0.25, 0.3) is 10.9 Å². The lowest BCUT2D eigenvalue weighted by molar-refractivity contribution is -0.136. The van der Waals surface area contributed by atoms with Crippen molar-refractivity contribution in [2.24, 2.45) is 5.92 Å². The summed E-state index contributed by atoms with van der Waals surface area (Å²) in [4.78, 5) is 44.7. The number of hydrogen-bond acceptors (Lipinski definition) is 5. The van der Waals surface area contributed by atoms with E-state index in [1.807, 2.05) is 12.1 Å². The maximum atomic E-state index is 13.2. The largest absolute Gasteiger partial charge is 0.418 e. The van der Waals surface area contributed by atoms with Gasteiger partial charge in [0.05, 0.1) is 35.2 Å². The van der Waals surface area contributed by atoms with E-state index in [1.165, 1.54) is 30.1 Å². The number of nitrogens with zero attached hydrogens (tertiary/aromatic N) is 4. The molecule has 3 aromatic rings. The highest BCUT2D eigenvalue weighted by atomic mass is 19.4. The Hall–Kier alpha value is -4.46. The lowest BCUT2D eigenvalue weighted by Crippen LogP contribution is -2.43. The second-order valence-electron chi connectivity index (χ2n) is 8.74. The van der Waals surface area contributed by atoms with Crippen LogP contribution in [-0.4, -0.2) is 58.7 Å². The Morgan fingerprint density at radius 2 is 1.89 bits per heavy atom. The summed E-state index contributed by atoms with van der Waals surface area (Å²) < 4.78 is 39.7. The second-order valence-corrected chi connectivity index (χ2v) is 8.74. The van der Waals surface area contributed by atoms with Gasteiger partial charge in [0.25, 0.3) is 5.91 Å². The summed E-state index contributed by atoms with van der Waals surface area (Å²) in [6, 6.07) is 14.9. The van der Waals surface area contributed by atoms with Crippen LogP contribution >= 0.6 is 0 Å². The van der Waals surface area contributed by atoms with E-state index in [9.17, 15) is 32.8 Å². The number of rotatable bonds is 5. The predicted molar refractivity (Wildman–Crippen MR) is 128 cm³/mol. The Labute approximate surface area is 210 Å². The zero-order chi connectivity index (χ0) is 26.7. The third-order valence-corrected chi connectivity index (χ3v) is 6.17. The van der Waals surface area contributed by atoms with Crippen molar-refractivity contribution in [1.29, 1.82) is 5.26 Å². The summed E-state index contributed by atoms with van der Waals surface area (Å²) >= 11 is 0. The van der Waals surface area contributed by atoms with Crippen LogP contribution < -0.4 is 5.32 Å². The van der Waals surface area contributed by atoms with Crippen molar-refractivity contribution >= 4 is 34.3 Å². The van der Waals surface area contributed by atoms with Gasteiger partial charge in [-0.25, -0.2) is 0 Å². The van der Waals surface area contributed by atoms with Gasteiger partial charge in [-0.15, -0.1) is 0 Å². The van der Waals surface area contributed by atoms with Crippen molar-refractivity contribution in [2.75, 3.05) is 25.5 Å². The first-order valence-electron chi connectivity index (χ1n) is 11.3. The molecule has 2 unspecified atom stereocenters. The number of carbonyl (C=O) groups excluding carboxylic acids is 3. The maximum absolute atomic E-state index is 13.2. The minimum atomic E-state index is -4.59. The number of carbonyl (C=O) groups is 3. The van der Waals surface area contributed by atoms with Crippen molar-refractivity contribution in [1.82, 2.24) is 14.8 Å². The Balaban J connectivity index is 1.43. The zero-order valence-electron chi connectivity index (χ0n) is 19.7. The first-order valence-corrected chi connectivity index (χ1v) is 11.3. The van der Waals surface area contributed by atoms with Crippen molar-refractivity contribution in [3.8, 4) is 6.07 Å². The first-order chi connectivity index (χ1) is 17.6. The number of benzene rings is 2. The molecule has 4 rings (SSSR count). The number of para-hydroxylation sites is 2. The fourth-order valence-corrected chi connectivity index (χ4v) is 4.28. The number of aromatic nitrogens is 1. The third kappa shape index (κ3) is 5.53. The van der Waals surface area contributed by atoms with Crippen molar-refractivity contribution in [3.05, 3.63) is 71.9 Å². The molecule has 0 saturated carbocycles. The van der Waals surface area contributed by atoms with E-state index in [1.54, 1.807) is 24.3 Å². The predicted octanol–water partition coefficient (Wildman–Crippen LogP) is 3.70. The lowest BCUT2D eigenvalue weighted by Gasteiger charge is -2.24. The highest BCUT2D eigenvalue weighted by Crippen LogP contribution is 2.34. The number of anilines is 1. The third-order valence-electron chi connectivity index (χ3n) is 6.17. The van der Waals surface area contributed by atoms with E-state index < -0.39 is 35.5 Å². The molecular formula is C26H22F3N5O3. The van der Waals surface area contributed by atoms with Crippen LogP contribution in [0.2, 0.25) is 0 Å². The van der Waals surface area contributed by atoms with E-state index in [-0.39, 0.29) is 41.9 Å². The highest BCUT2D eigenvalue weighted by molar-refractivity contribution is 5.99. The highest BCUT2D eigenvalue weighted by Gasteiger charge is 2.39. The number of alkyl halides is 3. The van der Waals surface area contributed by atoms with Gasteiger partial charge in [0.15, 0.2) is 0 Å². The molecule has 1 aliphatic rings. The Morgan fingerprint density at radius 3 is 2.57 bits per heavy atom. The Morgan fingerprint density at radius 1 is 1.16 bits per heavy atom. The number of nitriles is 1. The number of amides is 3. The Bertz CT molecular complexity index is 1390. The number of likely N-dealkylation sites (tertiary alicyclic amines) is 1. The van der Waals surface area contributed by atoms with Crippen molar-refractivity contribution < 1.29 is 27.6 Å². The van der Waals surface area contributed by atoms with Crippen LogP contribution in [0.4, 0.5) is 18.9 Å². The second kappa shape index (κ2) is 10.3. The summed E-state index contributed by atoms with van der Waals surface area (Å²) in [6.45, 7) is -0.361. The fraction of sp³-hybridized carbons (Fsp3) is 0.269. The molecule has 1 aromatic heterocycles. The molecule has 11 heteroatoms. The average Bonchev–Trinajstić information content (AvgIpc) is 3.32. The van der Waals surface area contributed by atoms with Gasteiger partial charge >= 0.3 is 6.18 Å². The smallest absolute Gasteiger partial charge is 0.332 e. The summed E-state index contributed by atoms with van der Waals surface area (Å²) in [6.07, 6.45) is -3.39. The number of pyridine rings is 1. The van der Waals surface area contributed by atoms with Crippen LogP contribution in [0, 0.1) is 17.2 Å². The number of likely N-dealkylation sites (N-methyl/N-ethyl adjacent to an activating group) is 1. The van der Waals surface area contributed by atoms with Gasteiger partial charge in [-0.3, -0.25) is 19.4 Å². The lowest BCUT2D eigenvalue weighted by atomic mass is 10.1. The molecule has 1 aliphatic heterocycles. The van der Waals surface area contributed by atoms with Crippen LogP contribution in [0.15, 0.2) is 60.8 Å². The SMILES string of the molecule is CN(CC(=O)N1CC(C(=O)Nc2ccccc2)CC1C#N)C(=O)c1cnc2c(C(F)(F)F)cccc2c1. The van der Waals surface area contributed by atoms with Crippen LogP contribution in [0.3, 0.4) is 0 Å². The molecule has 8 nitrogen and oxygen atoms in total. The molecule has 1 saturated heterocycles. The van der Waals surface area contributed by atoms with Gasteiger partial charge < -0.3 is 15.1 Å². The maximum Gasteiger partial charge on any atom is 0.418 e. The first kappa shape index (κ1) is 25.6. The van der Waals surface area contributed by atoms with Gasteiger partial charge in [0.1, 0.15) is 6.04 Å². The molecule has 2 atom stereocenters. The van der Waals surface area contributed by atoms with E-state index in [2.05, 4.69) is 10.3 Å². The molecule has 2 heterocycles. The number of halogens is 3. The molecule has 1 N–H and O–H groups in total. The van der Waals surface area contributed by atoms with Gasteiger partial charge in [0, 0.05) is 30.9 Å². The molecular weight excluding hydrogens is 487 g/mol. The molecule has 0 bridgehead atoms. The van der Waals surface area contributed by atoms with E-state index in [0.29, 0.717) is 5.69 Å². The number of hydrogen-bond donors (Lipinski definition) is 1. The quantitative estimate of drug-likeness (QED) is 0.565. The van der Waals surface area contributed by atoms with E-state index in [4.69, 9.17) is 0 Å². The topological polar surface area (TPSA) is 106 Å². The molecule has 1 fully saturated rings. The molecule has 37 heavy (non-hydrogen) atoms. The molecule has 0 spiro atoms. The van der Waals surface area contributed by atoms with Crippen molar-refractivity contribution in [2.45, 2.75) is 18.6 Å². The summed E-state index contributed by atoms with van der Waals surface area (Å²) in [5, 5.41) is 12.4. The molecule has 190 valence electrons. The minimum absolute atomic E-state index is 0.0143. The molecule has 0 radical (unpaired) electrons. The number of nitrogens with one attached hydrogen (secondary N) is 1. The normalized spacial score (nSPS) is 17.3. The van der Waals surface area contributed by atoms with Gasteiger partial charge in [-0.05, 0) is 30.7 Å². The monoisotopic (exact) mass is 509 g/mol. The standard InChI is InChI=1S/C26H22F3N5O3/c1-33(25(37)17-10-16-6-5-9-21(26(27,28)29)23(16)31-13-17)15-22(35)34-14-18(11-20(34)12-30)24(36)32-19-7-3-2-4-8-19/h2-10,13,18,20H,11,14-15H2,1H3,(H,32,36). The summed E-state index contributed by atoms with van der Waals surface area (Å²) in [7, 11) is 1.37. The van der Waals surface area contributed by atoms with Crippen LogP contribution in [-0.2, 0) is 15.8 Å². The zero-order valence-corrected chi connectivity index (χ0v) is 19.7. The van der Waals surface area contributed by atoms with Crippen LogP contribution in [0.1, 0.15) is 22.3 Å². The molecule has 2 aromatic carbocycles. The number of fused-ring (bicyclic) bond motifs is 1. The van der Waals surface area contributed by atoms with Crippen LogP contribution in [0.5, 0.6) is 0 Å². The van der Waals surface area contributed by atoms with E-state index >= 15 is 0 Å². The summed E-state index contributed by atoms with van der Waals surface area (Å²) in [5.74, 6) is -2.05. The summed E-state index contributed by atoms with van der Waals surface area (Å²) in [5.41, 5.74) is -0.572. The van der Waals surface area contributed by atoms with Crippen molar-refractivity contribution in [3.63, 3.8) is 0 Å². The average molecular weight is 509 g/mol. The van der Waals surface area contributed by atoms with E-state index in [0.717, 1.165) is 17.2 Å². The van der Waals surface area contributed by atoms with Gasteiger partial charge in [-0.1, -0.05) is 30.3 Å². The fourth-order valence-electron chi connectivity index (χ4n) is 4.28. The van der Waals surface area contributed by atoms with Gasteiger partial charge in [0.2, 0.25) is 11.8 Å². The molecule has 0 aliphatic carbocycles. The van der Waals surface area contributed by atoms with Gasteiger partial charge in [-0.2, -0.15) is 18.4 Å². The molecule has 3 amide bonds. The Kier molecular flexibility index (Phi) is 7.11. The minimum Gasteiger partial charge on any atom is -0.332 e.